The van der Waals surface area contributed by atoms with Gasteiger partial charge >= 0.3 is 0 Å². The fraction of sp³-hybridized carbons (Fsp3) is 0.462. The molecule has 15 heavy (non-hydrogen) atoms. The number of hydrogen-bond acceptors (Lipinski definition) is 2. The van der Waals surface area contributed by atoms with Crippen LogP contribution in [-0.2, 0) is 13.0 Å². The molecule has 0 atom stereocenters. The molecule has 1 aliphatic heterocycles. The molecule has 0 fully saturated rings. The molecular weight excluding hydrogens is 186 g/mol. The van der Waals surface area contributed by atoms with Crippen molar-refractivity contribution >= 4 is 6.29 Å². The molecule has 0 bridgehead atoms. The summed E-state index contributed by atoms with van der Waals surface area (Å²) in [5.41, 5.74) is 3.43. The van der Waals surface area contributed by atoms with Crippen LogP contribution in [0.4, 0.5) is 0 Å². The summed E-state index contributed by atoms with van der Waals surface area (Å²) in [6, 6.07) is 6.58. The van der Waals surface area contributed by atoms with Crippen LogP contribution in [0.5, 0.6) is 0 Å². The highest BCUT2D eigenvalue weighted by Gasteiger charge is 2.19. The van der Waals surface area contributed by atoms with Gasteiger partial charge in [0, 0.05) is 24.7 Å². The topological polar surface area (TPSA) is 20.3 Å². The fourth-order valence-corrected chi connectivity index (χ4v) is 2.18. The van der Waals surface area contributed by atoms with Crippen LogP contribution in [0.15, 0.2) is 18.2 Å². The van der Waals surface area contributed by atoms with Crippen molar-refractivity contribution in [1.29, 1.82) is 0 Å². The Bertz CT molecular complexity index is 371. The van der Waals surface area contributed by atoms with Gasteiger partial charge in [0.1, 0.15) is 6.29 Å². The van der Waals surface area contributed by atoms with Gasteiger partial charge < -0.3 is 0 Å². The Labute approximate surface area is 90.9 Å². The summed E-state index contributed by atoms with van der Waals surface area (Å²) in [5.74, 6) is 0. The van der Waals surface area contributed by atoms with Crippen LogP contribution >= 0.6 is 0 Å². The smallest absolute Gasteiger partial charge is 0.150 e. The zero-order valence-electron chi connectivity index (χ0n) is 9.36. The first-order valence-corrected chi connectivity index (χ1v) is 5.52. The second kappa shape index (κ2) is 4.15. The summed E-state index contributed by atoms with van der Waals surface area (Å²) < 4.78 is 0. The summed E-state index contributed by atoms with van der Waals surface area (Å²) in [6.07, 6.45) is 2.04. The van der Waals surface area contributed by atoms with Gasteiger partial charge in [-0.05, 0) is 31.4 Å². The first-order chi connectivity index (χ1) is 7.22. The molecular formula is C13H17NO. The number of hydrogen-bond donors (Lipinski definition) is 0. The summed E-state index contributed by atoms with van der Waals surface area (Å²) in [6.45, 7) is 6.43. The highest BCUT2D eigenvalue weighted by atomic mass is 16.1. The molecule has 2 heteroatoms. The molecule has 0 aromatic heterocycles. The second-order valence-corrected chi connectivity index (χ2v) is 4.42. The Hall–Kier alpha value is -1.15. The van der Waals surface area contributed by atoms with Gasteiger partial charge in [0.2, 0.25) is 0 Å². The van der Waals surface area contributed by atoms with Gasteiger partial charge in [-0.1, -0.05) is 18.2 Å². The number of carbonyl (C=O) groups is 1. The van der Waals surface area contributed by atoms with Gasteiger partial charge in [0.05, 0.1) is 0 Å². The van der Waals surface area contributed by atoms with Gasteiger partial charge in [-0.2, -0.15) is 0 Å². The van der Waals surface area contributed by atoms with Gasteiger partial charge in [0.25, 0.3) is 0 Å². The van der Waals surface area contributed by atoms with Crippen molar-refractivity contribution in [3.63, 3.8) is 0 Å². The first kappa shape index (κ1) is 10.4. The Balaban J connectivity index is 2.34. The van der Waals surface area contributed by atoms with Gasteiger partial charge in [-0.25, -0.2) is 0 Å². The molecule has 80 valence electrons. The SMILES string of the molecule is CC(C)N1CCc2cccc(C=O)c2C1. The standard InChI is InChI=1S/C13H17NO/c1-10(2)14-7-6-11-4-3-5-12(9-15)13(11)8-14/h3-5,9-10H,6-8H2,1-2H3. The maximum atomic E-state index is 10.9. The highest BCUT2D eigenvalue weighted by molar-refractivity contribution is 5.78. The van der Waals surface area contributed by atoms with Crippen LogP contribution in [0.3, 0.4) is 0 Å². The molecule has 2 nitrogen and oxygen atoms in total. The molecule has 0 unspecified atom stereocenters. The normalized spacial score (nSPS) is 16.5. The molecule has 0 aliphatic carbocycles. The summed E-state index contributed by atoms with van der Waals surface area (Å²) in [7, 11) is 0. The lowest BCUT2D eigenvalue weighted by Gasteiger charge is -2.32. The zero-order chi connectivity index (χ0) is 10.8. The van der Waals surface area contributed by atoms with Crippen LogP contribution in [0.2, 0.25) is 0 Å². The van der Waals surface area contributed by atoms with Crippen LogP contribution in [0.25, 0.3) is 0 Å². The maximum Gasteiger partial charge on any atom is 0.150 e. The third kappa shape index (κ3) is 1.95. The Morgan fingerprint density at radius 3 is 2.87 bits per heavy atom. The quantitative estimate of drug-likeness (QED) is 0.687. The number of nitrogens with zero attached hydrogens (tertiary/aromatic N) is 1. The van der Waals surface area contributed by atoms with E-state index in [4.69, 9.17) is 0 Å². The van der Waals surface area contributed by atoms with Crippen LogP contribution in [0.1, 0.15) is 35.3 Å². The van der Waals surface area contributed by atoms with Crippen molar-refractivity contribution in [2.75, 3.05) is 6.54 Å². The van der Waals surface area contributed by atoms with Gasteiger partial charge in [0.15, 0.2) is 0 Å². The predicted octanol–water partition coefficient (Wildman–Crippen LogP) is 2.27. The van der Waals surface area contributed by atoms with Crippen molar-refractivity contribution in [1.82, 2.24) is 4.90 Å². The van der Waals surface area contributed by atoms with E-state index in [1.165, 1.54) is 11.1 Å². The minimum Gasteiger partial charge on any atom is -0.298 e. The van der Waals surface area contributed by atoms with Crippen molar-refractivity contribution in [2.45, 2.75) is 32.9 Å². The first-order valence-electron chi connectivity index (χ1n) is 5.52. The third-order valence-corrected chi connectivity index (χ3v) is 3.20. The molecule has 2 rings (SSSR count). The number of carbonyl (C=O) groups excluding carboxylic acids is 1. The average molecular weight is 203 g/mol. The highest BCUT2D eigenvalue weighted by Crippen LogP contribution is 2.22. The van der Waals surface area contributed by atoms with Gasteiger partial charge in [-0.15, -0.1) is 0 Å². The Kier molecular flexibility index (Phi) is 2.87. The molecule has 0 N–H and O–H groups in total. The molecule has 0 saturated carbocycles. The van der Waals surface area contributed by atoms with E-state index in [-0.39, 0.29) is 0 Å². The van der Waals surface area contributed by atoms with E-state index in [0.29, 0.717) is 6.04 Å². The number of rotatable bonds is 2. The summed E-state index contributed by atoms with van der Waals surface area (Å²) >= 11 is 0. The summed E-state index contributed by atoms with van der Waals surface area (Å²) in [4.78, 5) is 13.3. The van der Waals surface area contributed by atoms with E-state index in [2.05, 4.69) is 24.8 Å². The molecule has 1 aromatic carbocycles. The number of fused-ring (bicyclic) bond motifs is 1. The van der Waals surface area contributed by atoms with Crippen LogP contribution < -0.4 is 0 Å². The average Bonchev–Trinajstić information content (AvgIpc) is 2.27. The molecule has 1 aliphatic rings. The molecule has 1 heterocycles. The number of benzene rings is 1. The van der Waals surface area contributed by atoms with E-state index in [9.17, 15) is 4.79 Å². The third-order valence-electron chi connectivity index (χ3n) is 3.20. The van der Waals surface area contributed by atoms with E-state index < -0.39 is 0 Å². The fourth-order valence-electron chi connectivity index (χ4n) is 2.18. The molecule has 0 radical (unpaired) electrons. The van der Waals surface area contributed by atoms with E-state index in [1.54, 1.807) is 0 Å². The van der Waals surface area contributed by atoms with Crippen LogP contribution in [-0.4, -0.2) is 23.8 Å². The lowest BCUT2D eigenvalue weighted by Crippen LogP contribution is -2.36. The zero-order valence-corrected chi connectivity index (χ0v) is 9.36. The predicted molar refractivity (Wildman–Crippen MR) is 61.1 cm³/mol. The largest absolute Gasteiger partial charge is 0.298 e. The Morgan fingerprint density at radius 2 is 2.20 bits per heavy atom. The van der Waals surface area contributed by atoms with Crippen molar-refractivity contribution in [2.24, 2.45) is 0 Å². The van der Waals surface area contributed by atoms with E-state index >= 15 is 0 Å². The molecule has 0 spiro atoms. The van der Waals surface area contributed by atoms with E-state index in [0.717, 1.165) is 31.4 Å². The molecule has 0 saturated heterocycles. The van der Waals surface area contributed by atoms with Crippen molar-refractivity contribution in [3.05, 3.63) is 34.9 Å². The van der Waals surface area contributed by atoms with Crippen molar-refractivity contribution in [3.8, 4) is 0 Å². The van der Waals surface area contributed by atoms with Crippen LogP contribution in [0, 0.1) is 0 Å². The second-order valence-electron chi connectivity index (χ2n) is 4.42. The number of aldehydes is 1. The maximum absolute atomic E-state index is 10.9. The van der Waals surface area contributed by atoms with Crippen molar-refractivity contribution < 1.29 is 4.79 Å². The monoisotopic (exact) mass is 203 g/mol. The minimum absolute atomic E-state index is 0.554. The molecule has 1 aromatic rings. The minimum atomic E-state index is 0.554. The van der Waals surface area contributed by atoms with Gasteiger partial charge in [-0.3, -0.25) is 9.69 Å². The Morgan fingerprint density at radius 1 is 1.40 bits per heavy atom. The summed E-state index contributed by atoms with van der Waals surface area (Å²) in [5, 5.41) is 0. The molecule has 0 amide bonds. The lowest BCUT2D eigenvalue weighted by atomic mass is 9.95. The lowest BCUT2D eigenvalue weighted by molar-refractivity contribution is 0.111. The van der Waals surface area contributed by atoms with E-state index in [1.807, 2.05) is 12.1 Å².